The number of rotatable bonds is 7. The molecule has 3 aromatic carbocycles. The Balaban J connectivity index is 1.56. The first-order valence-electron chi connectivity index (χ1n) is 9.60. The van der Waals surface area contributed by atoms with Crippen molar-refractivity contribution in [3.8, 4) is 11.5 Å². The third-order valence-electron chi connectivity index (χ3n) is 4.63. The third kappa shape index (κ3) is 4.49. The number of hydrogen-bond acceptors (Lipinski definition) is 6. The van der Waals surface area contributed by atoms with Crippen molar-refractivity contribution in [1.29, 1.82) is 0 Å². The van der Waals surface area contributed by atoms with Crippen molar-refractivity contribution in [2.75, 3.05) is 0 Å². The van der Waals surface area contributed by atoms with Gasteiger partial charge < -0.3 is 18.9 Å². The molecule has 0 aromatic heterocycles. The highest BCUT2D eigenvalue weighted by molar-refractivity contribution is 6.17. The van der Waals surface area contributed by atoms with Crippen molar-refractivity contribution in [3.05, 3.63) is 95.6 Å². The highest BCUT2D eigenvalue weighted by atomic mass is 35.5. The van der Waals surface area contributed by atoms with Crippen LogP contribution in [0.1, 0.15) is 16.7 Å². The monoisotopic (exact) mass is 438 g/mol. The molecule has 1 aliphatic heterocycles. The van der Waals surface area contributed by atoms with Crippen molar-refractivity contribution in [1.82, 2.24) is 0 Å². The fourth-order valence-electron chi connectivity index (χ4n) is 3.02. The SMILES string of the molecule is O=C(OCc1ccccc1)C1(C(=O)OCc2ccccc2)Oc2ccc(CCl)cc2O1. The van der Waals surface area contributed by atoms with Crippen LogP contribution in [-0.4, -0.2) is 17.7 Å². The summed E-state index contributed by atoms with van der Waals surface area (Å²) in [6.45, 7) is -0.104. The zero-order valence-corrected chi connectivity index (χ0v) is 17.2. The molecule has 0 saturated heterocycles. The Morgan fingerprint density at radius 1 is 0.710 bits per heavy atom. The van der Waals surface area contributed by atoms with Gasteiger partial charge in [0, 0.05) is 5.88 Å². The number of esters is 2. The molecule has 0 saturated carbocycles. The summed E-state index contributed by atoms with van der Waals surface area (Å²) < 4.78 is 22.1. The van der Waals surface area contributed by atoms with Crippen LogP contribution in [0.2, 0.25) is 0 Å². The van der Waals surface area contributed by atoms with Crippen molar-refractivity contribution >= 4 is 23.5 Å². The summed E-state index contributed by atoms with van der Waals surface area (Å²) in [6, 6.07) is 23.1. The van der Waals surface area contributed by atoms with Crippen LogP contribution in [0.3, 0.4) is 0 Å². The molecule has 7 heteroatoms. The summed E-state index contributed by atoms with van der Waals surface area (Å²) in [5, 5.41) is 0. The molecule has 158 valence electrons. The summed E-state index contributed by atoms with van der Waals surface area (Å²) in [4.78, 5) is 26.0. The molecule has 0 unspecified atom stereocenters. The van der Waals surface area contributed by atoms with E-state index in [1.807, 2.05) is 36.4 Å². The maximum atomic E-state index is 13.0. The zero-order valence-electron chi connectivity index (χ0n) is 16.5. The van der Waals surface area contributed by atoms with Crippen LogP contribution >= 0.6 is 11.6 Å². The summed E-state index contributed by atoms with van der Waals surface area (Å²) in [6.07, 6.45) is 0. The molecule has 0 atom stereocenters. The van der Waals surface area contributed by atoms with Gasteiger partial charge in [-0.1, -0.05) is 66.7 Å². The molecular formula is C24H19ClO6. The summed E-state index contributed by atoms with van der Waals surface area (Å²) >= 11 is 5.88. The summed E-state index contributed by atoms with van der Waals surface area (Å²) in [7, 11) is 0. The van der Waals surface area contributed by atoms with Gasteiger partial charge in [-0.2, -0.15) is 0 Å². The molecule has 4 rings (SSSR count). The average Bonchev–Trinajstić information content (AvgIpc) is 3.22. The normalized spacial score (nSPS) is 13.5. The lowest BCUT2D eigenvalue weighted by molar-refractivity contribution is -0.204. The Morgan fingerprint density at radius 2 is 1.23 bits per heavy atom. The first kappa shape index (κ1) is 20.8. The minimum Gasteiger partial charge on any atom is -0.455 e. The van der Waals surface area contributed by atoms with E-state index in [0.717, 1.165) is 16.7 Å². The number of benzene rings is 3. The first-order chi connectivity index (χ1) is 15.1. The lowest BCUT2D eigenvalue weighted by Gasteiger charge is -2.23. The van der Waals surface area contributed by atoms with Crippen LogP contribution in [0.4, 0.5) is 0 Å². The van der Waals surface area contributed by atoms with E-state index < -0.39 is 17.7 Å². The quantitative estimate of drug-likeness (QED) is 0.310. The highest BCUT2D eigenvalue weighted by Crippen LogP contribution is 2.41. The molecule has 0 aliphatic carbocycles. The Kier molecular flexibility index (Phi) is 6.09. The van der Waals surface area contributed by atoms with Crippen molar-refractivity contribution < 1.29 is 28.5 Å². The number of hydrogen-bond donors (Lipinski definition) is 0. The van der Waals surface area contributed by atoms with Gasteiger partial charge in [0.25, 0.3) is 0 Å². The van der Waals surface area contributed by atoms with Crippen LogP contribution in [0.15, 0.2) is 78.9 Å². The Morgan fingerprint density at radius 3 is 1.74 bits per heavy atom. The molecule has 31 heavy (non-hydrogen) atoms. The second kappa shape index (κ2) is 9.10. The predicted molar refractivity (Wildman–Crippen MR) is 112 cm³/mol. The van der Waals surface area contributed by atoms with Crippen molar-refractivity contribution in [3.63, 3.8) is 0 Å². The summed E-state index contributed by atoms with van der Waals surface area (Å²) in [5.41, 5.74) is 2.25. The third-order valence-corrected chi connectivity index (χ3v) is 4.94. The Labute approximate surface area is 184 Å². The smallest absolute Gasteiger partial charge is 0.453 e. The number of halogens is 1. The van der Waals surface area contributed by atoms with E-state index in [1.165, 1.54) is 0 Å². The molecule has 0 bridgehead atoms. The van der Waals surface area contributed by atoms with E-state index in [9.17, 15) is 9.59 Å². The average molecular weight is 439 g/mol. The van der Waals surface area contributed by atoms with Crippen LogP contribution in [0.5, 0.6) is 11.5 Å². The molecule has 0 N–H and O–H groups in total. The van der Waals surface area contributed by atoms with E-state index in [0.29, 0.717) is 0 Å². The van der Waals surface area contributed by atoms with E-state index in [4.69, 9.17) is 30.5 Å². The van der Waals surface area contributed by atoms with Gasteiger partial charge in [0.15, 0.2) is 11.5 Å². The molecule has 0 spiro atoms. The van der Waals surface area contributed by atoms with Gasteiger partial charge in [-0.05, 0) is 28.8 Å². The number of alkyl halides is 1. The largest absolute Gasteiger partial charge is 0.455 e. The van der Waals surface area contributed by atoms with Gasteiger partial charge >= 0.3 is 17.7 Å². The lowest BCUT2D eigenvalue weighted by atomic mass is 10.2. The first-order valence-corrected chi connectivity index (χ1v) is 10.1. The lowest BCUT2D eigenvalue weighted by Crippen LogP contribution is -2.55. The van der Waals surface area contributed by atoms with Crippen LogP contribution in [0.25, 0.3) is 0 Å². The van der Waals surface area contributed by atoms with Crippen LogP contribution in [-0.2, 0) is 38.2 Å². The van der Waals surface area contributed by atoms with Gasteiger partial charge in [-0.3, -0.25) is 0 Å². The van der Waals surface area contributed by atoms with Gasteiger partial charge in [0.2, 0.25) is 0 Å². The molecular weight excluding hydrogens is 420 g/mol. The minimum atomic E-state index is -2.39. The number of fused-ring (bicyclic) bond motifs is 1. The predicted octanol–water partition coefficient (Wildman–Crippen LogP) is 4.38. The van der Waals surface area contributed by atoms with Crippen molar-refractivity contribution in [2.45, 2.75) is 24.9 Å². The molecule has 0 fully saturated rings. The zero-order chi connectivity index (χ0) is 21.7. The number of carbonyl (C=O) groups excluding carboxylic acids is 2. The maximum Gasteiger partial charge on any atom is 0.453 e. The molecule has 3 aromatic rings. The van der Waals surface area contributed by atoms with E-state index in [2.05, 4.69) is 0 Å². The van der Waals surface area contributed by atoms with E-state index >= 15 is 0 Å². The minimum absolute atomic E-state index is 0.0522. The Bertz CT molecular complexity index is 1010. The van der Waals surface area contributed by atoms with Crippen LogP contribution in [0, 0.1) is 0 Å². The highest BCUT2D eigenvalue weighted by Gasteiger charge is 2.59. The maximum absolute atomic E-state index is 13.0. The van der Waals surface area contributed by atoms with E-state index in [1.54, 1.807) is 42.5 Å². The fraction of sp³-hybridized carbons (Fsp3) is 0.167. The second-order valence-electron chi connectivity index (χ2n) is 6.86. The standard InChI is InChI=1S/C24H19ClO6/c25-14-19-11-12-20-21(13-19)31-24(30-20,22(26)28-15-17-7-3-1-4-8-17)23(27)29-16-18-9-5-2-6-10-18/h1-13H,14-16H2. The molecule has 0 radical (unpaired) electrons. The van der Waals surface area contributed by atoms with Crippen LogP contribution < -0.4 is 9.47 Å². The topological polar surface area (TPSA) is 71.1 Å². The Hall–Kier alpha value is -3.51. The fourth-order valence-corrected chi connectivity index (χ4v) is 3.18. The molecule has 0 amide bonds. The van der Waals surface area contributed by atoms with Crippen molar-refractivity contribution in [2.24, 2.45) is 0 Å². The van der Waals surface area contributed by atoms with Gasteiger partial charge in [-0.25, -0.2) is 9.59 Å². The molecule has 1 aliphatic rings. The van der Waals surface area contributed by atoms with Gasteiger partial charge in [0.1, 0.15) is 13.2 Å². The molecule has 1 heterocycles. The number of ether oxygens (including phenoxy) is 4. The number of carbonyl (C=O) groups is 2. The van der Waals surface area contributed by atoms with Gasteiger partial charge in [0.05, 0.1) is 0 Å². The summed E-state index contributed by atoms with van der Waals surface area (Å²) in [5.74, 6) is -3.72. The van der Waals surface area contributed by atoms with Gasteiger partial charge in [-0.15, -0.1) is 11.6 Å². The second-order valence-corrected chi connectivity index (χ2v) is 7.13. The molecule has 6 nitrogen and oxygen atoms in total. The van der Waals surface area contributed by atoms with E-state index in [-0.39, 0.29) is 30.6 Å².